The summed E-state index contributed by atoms with van der Waals surface area (Å²) in [6, 6.07) is 3.43. The Bertz CT molecular complexity index is 1560. The van der Waals surface area contributed by atoms with Gasteiger partial charge in [-0.3, -0.25) is 4.98 Å². The average molecular weight is 583 g/mol. The van der Waals surface area contributed by atoms with Crippen molar-refractivity contribution in [1.82, 2.24) is 15.1 Å². The number of hydrogen-bond acceptors (Lipinski definition) is 6. The monoisotopic (exact) mass is 582 g/mol. The van der Waals surface area contributed by atoms with Gasteiger partial charge in [-0.1, -0.05) is 45.3 Å². The average Bonchev–Trinajstić information content (AvgIpc) is 3.43. The summed E-state index contributed by atoms with van der Waals surface area (Å²) < 4.78 is 61.1. The number of pyridine rings is 1. The molecule has 198 valence electrons. The van der Waals surface area contributed by atoms with E-state index in [9.17, 15) is 17.6 Å². The molecule has 0 unspecified atom stereocenters. The summed E-state index contributed by atoms with van der Waals surface area (Å²) in [6.07, 6.45) is 2.47. The first-order valence-electron chi connectivity index (χ1n) is 11.9. The van der Waals surface area contributed by atoms with Gasteiger partial charge in [0.15, 0.2) is 10.9 Å². The number of halogens is 6. The Labute approximate surface area is 229 Å². The van der Waals surface area contributed by atoms with Crippen LogP contribution in [0.2, 0.25) is 10.0 Å². The molecule has 0 amide bonds. The molecule has 0 atom stereocenters. The molecule has 2 aliphatic rings. The van der Waals surface area contributed by atoms with Crippen molar-refractivity contribution < 1.29 is 22.1 Å². The van der Waals surface area contributed by atoms with E-state index < -0.39 is 11.9 Å². The molecule has 1 saturated heterocycles. The lowest BCUT2D eigenvalue weighted by atomic mass is 9.60. The van der Waals surface area contributed by atoms with Gasteiger partial charge < -0.3 is 9.42 Å². The molecule has 38 heavy (non-hydrogen) atoms. The summed E-state index contributed by atoms with van der Waals surface area (Å²) in [5.74, 6) is -1.50. The van der Waals surface area contributed by atoms with Crippen LogP contribution in [0.3, 0.4) is 0 Å². The van der Waals surface area contributed by atoms with Crippen LogP contribution in [0.15, 0.2) is 34.6 Å². The molecular weight excluding hydrogens is 563 g/mol. The molecular formula is C26H20Cl2F4N4OS. The minimum Gasteiger partial charge on any atom is -0.350 e. The highest BCUT2D eigenvalue weighted by atomic mass is 35.5. The molecule has 12 heteroatoms. The first-order valence-corrected chi connectivity index (χ1v) is 13.5. The molecule has 5 nitrogen and oxygen atoms in total. The van der Waals surface area contributed by atoms with E-state index in [4.69, 9.17) is 27.7 Å². The highest BCUT2D eigenvalue weighted by Crippen LogP contribution is 2.54. The molecule has 6 rings (SSSR count). The normalized spacial score (nSPS) is 17.3. The lowest BCUT2D eigenvalue weighted by molar-refractivity contribution is -0.155. The molecule has 4 heterocycles. The Hall–Kier alpha value is -2.69. The summed E-state index contributed by atoms with van der Waals surface area (Å²) in [5, 5.41) is 4.65. The van der Waals surface area contributed by atoms with Crippen LogP contribution in [-0.2, 0) is 6.18 Å². The number of nitrogens with zero attached hydrogens (tertiary/aromatic N) is 4. The number of aryl methyl sites for hydroxylation is 1. The first-order chi connectivity index (χ1) is 18.0. The zero-order chi connectivity index (χ0) is 26.8. The second kappa shape index (κ2) is 9.20. The summed E-state index contributed by atoms with van der Waals surface area (Å²) in [6.45, 7) is 3.36. The predicted octanol–water partition coefficient (Wildman–Crippen LogP) is 8.58. The van der Waals surface area contributed by atoms with Crippen LogP contribution in [0, 0.1) is 18.2 Å². The molecule has 2 fully saturated rings. The quantitative estimate of drug-likeness (QED) is 0.226. The molecule has 0 radical (unpaired) electrons. The molecule has 1 saturated carbocycles. The molecule has 0 N–H and O–H groups in total. The van der Waals surface area contributed by atoms with Crippen molar-refractivity contribution in [2.24, 2.45) is 5.41 Å². The van der Waals surface area contributed by atoms with Crippen molar-refractivity contribution in [2.45, 2.75) is 38.8 Å². The van der Waals surface area contributed by atoms with Gasteiger partial charge >= 0.3 is 6.18 Å². The van der Waals surface area contributed by atoms with Crippen LogP contribution in [0.5, 0.6) is 0 Å². The number of rotatable bonds is 3. The number of hydrogen-bond donors (Lipinski definition) is 0. The Morgan fingerprint density at radius 3 is 2.45 bits per heavy atom. The molecule has 1 aliphatic heterocycles. The third-order valence-corrected chi connectivity index (χ3v) is 8.94. The van der Waals surface area contributed by atoms with Gasteiger partial charge in [0, 0.05) is 31.0 Å². The SMILES string of the molecule is Cc1cc(F)c2nc(N3CCC4(CC3)CC(=Cc3c(-c5c(Cl)cncc5Cl)noc3C(F)(F)F)C4)sc2c1. The standard InChI is InChI=1S/C26H20Cl2F4N4OS/c1-13-6-18(29)22-19(7-13)38-24(34-22)36-4-2-25(3-5-36)9-14(10-25)8-15-21(35-37-23(15)26(30,31)32)20-16(27)11-33-12-17(20)28/h6-8,11-12H,2-5,9-10H2,1H3. The number of aromatic nitrogens is 3. The Kier molecular flexibility index (Phi) is 6.20. The van der Waals surface area contributed by atoms with Gasteiger partial charge in [0.25, 0.3) is 0 Å². The summed E-state index contributed by atoms with van der Waals surface area (Å²) in [4.78, 5) is 10.6. The fourth-order valence-corrected chi connectivity index (χ4v) is 7.11. The Morgan fingerprint density at radius 1 is 1.11 bits per heavy atom. The number of anilines is 1. The summed E-state index contributed by atoms with van der Waals surface area (Å²) in [5.41, 5.74) is 2.06. The van der Waals surface area contributed by atoms with E-state index in [-0.39, 0.29) is 38.1 Å². The lowest BCUT2D eigenvalue weighted by Crippen LogP contribution is -2.44. The molecule has 1 spiro atoms. The van der Waals surface area contributed by atoms with E-state index in [1.807, 2.05) is 13.0 Å². The van der Waals surface area contributed by atoms with Gasteiger partial charge in [-0.25, -0.2) is 9.37 Å². The summed E-state index contributed by atoms with van der Waals surface area (Å²) in [7, 11) is 0. The van der Waals surface area contributed by atoms with E-state index in [1.54, 1.807) is 0 Å². The van der Waals surface area contributed by atoms with Crippen molar-refractivity contribution in [1.29, 1.82) is 0 Å². The minimum absolute atomic E-state index is 0.0164. The zero-order valence-electron chi connectivity index (χ0n) is 20.0. The van der Waals surface area contributed by atoms with Crippen molar-refractivity contribution >= 4 is 56.0 Å². The minimum atomic E-state index is -4.73. The largest absolute Gasteiger partial charge is 0.453 e. The topological polar surface area (TPSA) is 55.1 Å². The number of thiazole rings is 1. The van der Waals surface area contributed by atoms with E-state index in [1.165, 1.54) is 35.9 Å². The van der Waals surface area contributed by atoms with Crippen LogP contribution in [0.1, 0.15) is 42.6 Å². The third kappa shape index (κ3) is 4.46. The van der Waals surface area contributed by atoms with Gasteiger partial charge in [-0.15, -0.1) is 0 Å². The van der Waals surface area contributed by atoms with Crippen LogP contribution in [0.25, 0.3) is 27.6 Å². The Morgan fingerprint density at radius 2 is 1.79 bits per heavy atom. The maximum absolute atomic E-state index is 14.3. The van der Waals surface area contributed by atoms with Crippen LogP contribution in [-0.4, -0.2) is 28.2 Å². The van der Waals surface area contributed by atoms with E-state index in [0.717, 1.165) is 46.9 Å². The molecule has 0 bridgehead atoms. The van der Waals surface area contributed by atoms with Gasteiger partial charge in [0.2, 0.25) is 5.76 Å². The van der Waals surface area contributed by atoms with Crippen LogP contribution in [0.4, 0.5) is 22.7 Å². The third-order valence-electron chi connectivity index (χ3n) is 7.30. The maximum Gasteiger partial charge on any atom is 0.453 e. The second-order valence-electron chi connectivity index (χ2n) is 9.98. The lowest BCUT2D eigenvalue weighted by Gasteiger charge is -2.49. The molecule has 1 aromatic carbocycles. The predicted molar refractivity (Wildman–Crippen MR) is 140 cm³/mol. The van der Waals surface area contributed by atoms with Crippen LogP contribution >= 0.6 is 34.5 Å². The van der Waals surface area contributed by atoms with Gasteiger partial charge in [-0.2, -0.15) is 13.2 Å². The van der Waals surface area contributed by atoms with Crippen molar-refractivity contribution in [3.63, 3.8) is 0 Å². The number of allylic oxidation sites excluding steroid dienone is 1. The summed E-state index contributed by atoms with van der Waals surface area (Å²) >= 11 is 13.9. The number of fused-ring (bicyclic) bond motifs is 1. The fraction of sp³-hybridized carbons (Fsp3) is 0.346. The van der Waals surface area contributed by atoms with Gasteiger partial charge in [-0.05, 0) is 61.8 Å². The number of alkyl halides is 3. The second-order valence-corrected chi connectivity index (χ2v) is 11.8. The zero-order valence-corrected chi connectivity index (χ0v) is 22.3. The van der Waals surface area contributed by atoms with Crippen molar-refractivity contribution in [3.8, 4) is 11.3 Å². The molecule has 1 aliphatic carbocycles. The highest BCUT2D eigenvalue weighted by Gasteiger charge is 2.45. The molecule has 3 aromatic heterocycles. The smallest absolute Gasteiger partial charge is 0.350 e. The maximum atomic E-state index is 14.3. The molecule has 4 aromatic rings. The van der Waals surface area contributed by atoms with Crippen LogP contribution < -0.4 is 4.90 Å². The van der Waals surface area contributed by atoms with Crippen molar-refractivity contribution in [3.05, 3.63) is 62.8 Å². The van der Waals surface area contributed by atoms with Gasteiger partial charge in [0.05, 0.1) is 20.3 Å². The van der Waals surface area contributed by atoms with Gasteiger partial charge in [0.1, 0.15) is 11.2 Å². The number of benzene rings is 1. The van der Waals surface area contributed by atoms with E-state index >= 15 is 0 Å². The highest BCUT2D eigenvalue weighted by molar-refractivity contribution is 7.22. The van der Waals surface area contributed by atoms with Crippen molar-refractivity contribution in [2.75, 3.05) is 18.0 Å². The van der Waals surface area contributed by atoms with E-state index in [2.05, 4.69) is 20.0 Å². The fourth-order valence-electron chi connectivity index (χ4n) is 5.44. The number of piperidine rings is 1. The Balaban J connectivity index is 1.22. The first kappa shape index (κ1) is 25.6. The van der Waals surface area contributed by atoms with E-state index in [0.29, 0.717) is 18.4 Å².